The van der Waals surface area contributed by atoms with Gasteiger partial charge in [0, 0.05) is 12.6 Å². The molecule has 3 aromatic rings. The van der Waals surface area contributed by atoms with Crippen molar-refractivity contribution in [2.45, 2.75) is 108 Å². The van der Waals surface area contributed by atoms with E-state index in [0.29, 0.717) is 42.1 Å². The Kier molecular flexibility index (Phi) is 12.1. The summed E-state index contributed by atoms with van der Waals surface area (Å²) in [5.41, 5.74) is 1.32. The molecule has 294 valence electrons. The van der Waals surface area contributed by atoms with E-state index in [1.807, 2.05) is 4.72 Å². The standard InChI is InChI=1S/C38H47FN8O7S/c1-23-19-41-30(20-40-23)34(49)44-29(12-8-6-4-5-7-10-25-14-15-25)37(51)47-22-26(54-36-24(2)43-28-13-9-11-27(39)33(28)45-36)18-31(47)35(50)42-21-32(48)46-55(52,53)38(3)16-17-38/h7,9-11,13,19-20,25-26,29,31H,4-6,8,12,14-18,21-22H2,1-3H3,(H,42,50)(H,44,49)(H,46,48)/t26-,29+,31+/m1/s1. The van der Waals surface area contributed by atoms with Crippen LogP contribution < -0.4 is 20.1 Å². The molecule has 3 atom stereocenters. The number of hydrogen-bond acceptors (Lipinski definition) is 11. The maximum atomic E-state index is 14.6. The second kappa shape index (κ2) is 16.8. The van der Waals surface area contributed by atoms with Crippen molar-refractivity contribution in [3.63, 3.8) is 0 Å². The van der Waals surface area contributed by atoms with Crippen LogP contribution in [-0.2, 0) is 24.4 Å². The number of fused-ring (bicyclic) bond motifs is 1. The zero-order valence-electron chi connectivity index (χ0n) is 31.2. The van der Waals surface area contributed by atoms with E-state index in [-0.39, 0.29) is 36.5 Å². The van der Waals surface area contributed by atoms with Crippen LogP contribution in [0.4, 0.5) is 4.39 Å². The van der Waals surface area contributed by atoms with E-state index in [1.54, 1.807) is 19.9 Å². The van der Waals surface area contributed by atoms with Crippen molar-refractivity contribution in [3.05, 3.63) is 65.6 Å². The topological polar surface area (TPSA) is 203 Å². The number of nitrogens with zero attached hydrogens (tertiary/aromatic N) is 5. The largest absolute Gasteiger partial charge is 0.471 e. The Morgan fingerprint density at radius 2 is 1.85 bits per heavy atom. The Balaban J connectivity index is 1.20. The summed E-state index contributed by atoms with van der Waals surface area (Å²) in [6, 6.07) is 2.15. The molecule has 55 heavy (non-hydrogen) atoms. The fraction of sp³-hybridized carbons (Fsp3) is 0.526. The molecule has 1 aliphatic heterocycles. The van der Waals surface area contributed by atoms with Crippen LogP contribution in [0, 0.1) is 25.6 Å². The number of nitrogens with one attached hydrogen (secondary N) is 3. The van der Waals surface area contributed by atoms with Gasteiger partial charge in [0.15, 0.2) is 5.82 Å². The first kappa shape index (κ1) is 39.6. The quantitative estimate of drug-likeness (QED) is 0.134. The van der Waals surface area contributed by atoms with E-state index in [2.05, 4.69) is 42.7 Å². The summed E-state index contributed by atoms with van der Waals surface area (Å²) in [7, 11) is -3.94. The summed E-state index contributed by atoms with van der Waals surface area (Å²) in [6.07, 6.45) is 13.1. The fourth-order valence-corrected chi connectivity index (χ4v) is 7.62. The van der Waals surface area contributed by atoms with Crippen LogP contribution in [0.25, 0.3) is 11.0 Å². The summed E-state index contributed by atoms with van der Waals surface area (Å²) in [6.45, 7) is 4.13. The van der Waals surface area contributed by atoms with Gasteiger partial charge in [0.2, 0.25) is 27.7 Å². The highest BCUT2D eigenvalue weighted by Crippen LogP contribution is 2.42. The molecule has 0 radical (unpaired) electrons. The first-order valence-electron chi connectivity index (χ1n) is 18.7. The molecule has 1 aromatic carbocycles. The predicted octanol–water partition coefficient (Wildman–Crippen LogP) is 3.35. The van der Waals surface area contributed by atoms with Crippen LogP contribution in [0.15, 0.2) is 42.7 Å². The van der Waals surface area contributed by atoms with E-state index < -0.39 is 68.9 Å². The van der Waals surface area contributed by atoms with Crippen molar-refractivity contribution in [2.75, 3.05) is 13.1 Å². The SMILES string of the molecule is Cc1cnc(C(=O)N[C@@H](CCCCCC=CC2CC2)C(=O)N2C[C@H](Oc3nc4c(F)cccc4nc3C)C[C@H]2C(=O)NCC(=O)NS(=O)(=O)C2(C)CC2)cn1. The zero-order chi connectivity index (χ0) is 39.3. The summed E-state index contributed by atoms with van der Waals surface area (Å²) < 4.78 is 47.0. The molecule has 0 bridgehead atoms. The molecule has 2 aliphatic carbocycles. The van der Waals surface area contributed by atoms with E-state index >= 15 is 0 Å². The second-order valence-corrected chi connectivity index (χ2v) is 17.1. The van der Waals surface area contributed by atoms with Gasteiger partial charge in [-0.2, -0.15) is 0 Å². The monoisotopic (exact) mass is 778 g/mol. The lowest BCUT2D eigenvalue weighted by atomic mass is 10.0. The van der Waals surface area contributed by atoms with E-state index in [1.165, 1.54) is 49.2 Å². The number of carbonyl (C=O) groups excluding carboxylic acids is 4. The summed E-state index contributed by atoms with van der Waals surface area (Å²) in [5.74, 6) is -2.71. The van der Waals surface area contributed by atoms with Crippen molar-refractivity contribution in [3.8, 4) is 5.88 Å². The molecule has 3 fully saturated rings. The number of aromatic nitrogens is 4. The highest BCUT2D eigenvalue weighted by atomic mass is 32.2. The molecule has 3 N–H and O–H groups in total. The molecule has 3 aliphatic rings. The van der Waals surface area contributed by atoms with Crippen LogP contribution in [0.1, 0.15) is 93.0 Å². The Morgan fingerprint density at radius 1 is 1.07 bits per heavy atom. The van der Waals surface area contributed by atoms with E-state index in [9.17, 15) is 32.0 Å². The number of rotatable bonds is 17. The molecule has 2 saturated carbocycles. The van der Waals surface area contributed by atoms with Gasteiger partial charge in [-0.05, 0) is 83.8 Å². The average molecular weight is 779 g/mol. The third-order valence-corrected chi connectivity index (χ3v) is 12.4. The first-order valence-corrected chi connectivity index (χ1v) is 20.2. The van der Waals surface area contributed by atoms with Gasteiger partial charge >= 0.3 is 0 Å². The minimum Gasteiger partial charge on any atom is -0.471 e. The molecule has 0 unspecified atom stereocenters. The zero-order valence-corrected chi connectivity index (χ0v) is 32.0. The number of amides is 4. The van der Waals surface area contributed by atoms with Gasteiger partial charge in [-0.1, -0.05) is 31.1 Å². The molecule has 15 nitrogen and oxygen atoms in total. The van der Waals surface area contributed by atoms with Gasteiger partial charge in [-0.3, -0.25) is 28.9 Å². The number of benzene rings is 1. The van der Waals surface area contributed by atoms with Gasteiger partial charge < -0.3 is 20.3 Å². The van der Waals surface area contributed by atoms with Crippen LogP contribution in [0.3, 0.4) is 0 Å². The molecule has 4 amide bonds. The highest BCUT2D eigenvalue weighted by molar-refractivity contribution is 7.91. The lowest BCUT2D eigenvalue weighted by Crippen LogP contribution is -2.54. The van der Waals surface area contributed by atoms with Gasteiger partial charge in [-0.25, -0.2) is 27.8 Å². The van der Waals surface area contributed by atoms with Crippen molar-refractivity contribution in [1.82, 2.24) is 40.2 Å². The van der Waals surface area contributed by atoms with Crippen LogP contribution >= 0.6 is 0 Å². The number of ether oxygens (including phenoxy) is 1. The first-order chi connectivity index (χ1) is 26.2. The number of hydrogen-bond donors (Lipinski definition) is 3. The number of sulfonamides is 1. The number of allylic oxidation sites excluding steroid dienone is 2. The van der Waals surface area contributed by atoms with Crippen LogP contribution in [0.2, 0.25) is 0 Å². The molecular weight excluding hydrogens is 732 g/mol. The van der Waals surface area contributed by atoms with Gasteiger partial charge in [0.05, 0.1) is 35.2 Å². The lowest BCUT2D eigenvalue weighted by molar-refractivity contribution is -0.140. The summed E-state index contributed by atoms with van der Waals surface area (Å²) in [5, 5.41) is 5.27. The highest BCUT2D eigenvalue weighted by Gasteiger charge is 2.51. The minimum absolute atomic E-state index is 0.00523. The third-order valence-electron chi connectivity index (χ3n) is 10.2. The summed E-state index contributed by atoms with van der Waals surface area (Å²) >= 11 is 0. The van der Waals surface area contributed by atoms with Crippen LogP contribution in [0.5, 0.6) is 5.88 Å². The number of aryl methyl sites for hydroxylation is 2. The third kappa shape index (κ3) is 9.98. The molecular formula is C38H47FN8O7S. The number of unbranched alkanes of at least 4 members (excludes halogenated alkanes) is 3. The van der Waals surface area contributed by atoms with Crippen molar-refractivity contribution < 1.29 is 36.7 Å². The van der Waals surface area contributed by atoms with Crippen molar-refractivity contribution >= 4 is 44.7 Å². The van der Waals surface area contributed by atoms with Gasteiger partial charge in [0.1, 0.15) is 35.1 Å². The molecule has 0 spiro atoms. The maximum absolute atomic E-state index is 14.6. The van der Waals surface area contributed by atoms with E-state index in [0.717, 1.165) is 19.3 Å². The number of para-hydroxylation sites is 1. The van der Waals surface area contributed by atoms with Crippen molar-refractivity contribution in [2.24, 2.45) is 5.92 Å². The summed E-state index contributed by atoms with van der Waals surface area (Å²) in [4.78, 5) is 72.6. The number of likely N-dealkylation sites (tertiary alicyclic amines) is 1. The van der Waals surface area contributed by atoms with E-state index in [4.69, 9.17) is 4.74 Å². The van der Waals surface area contributed by atoms with Crippen LogP contribution in [-0.4, -0.2) is 92.9 Å². The normalized spacial score (nSPS) is 19.6. The molecule has 6 rings (SSSR count). The predicted molar refractivity (Wildman–Crippen MR) is 199 cm³/mol. The van der Waals surface area contributed by atoms with Gasteiger partial charge in [-0.15, -0.1) is 0 Å². The second-order valence-electron chi connectivity index (χ2n) is 14.9. The Morgan fingerprint density at radius 3 is 2.56 bits per heavy atom. The van der Waals surface area contributed by atoms with Crippen molar-refractivity contribution in [1.29, 1.82) is 0 Å². The number of carbonyl (C=O) groups is 4. The molecule has 3 heterocycles. The molecule has 17 heteroatoms. The smallest absolute Gasteiger partial charge is 0.272 e. The fourth-order valence-electron chi connectivity index (χ4n) is 6.36. The average Bonchev–Trinajstić information content (AvgIpc) is 4.08. The number of halogens is 1. The lowest BCUT2D eigenvalue weighted by Gasteiger charge is -2.28. The van der Waals surface area contributed by atoms with Gasteiger partial charge in [0.25, 0.3) is 11.8 Å². The maximum Gasteiger partial charge on any atom is 0.272 e. The Bertz CT molecular complexity index is 2070. The molecule has 2 aromatic heterocycles. The molecule has 1 saturated heterocycles. The minimum atomic E-state index is -3.94. The Labute approximate surface area is 319 Å². The Hall–Kier alpha value is -5.06.